The van der Waals surface area contributed by atoms with Crippen LogP contribution in [0.4, 0.5) is 0 Å². The molecule has 0 aromatic heterocycles. The lowest BCUT2D eigenvalue weighted by atomic mass is 9.73. The topological polar surface area (TPSA) is 80.9 Å². The van der Waals surface area contributed by atoms with Gasteiger partial charge in [-0.25, -0.2) is 0 Å². The maximum absolute atomic E-state index is 10.9. The minimum absolute atomic E-state index is 0.194. The first kappa shape index (κ1) is 24.1. The van der Waals surface area contributed by atoms with Crippen molar-refractivity contribution < 1.29 is 20.4 Å². The van der Waals surface area contributed by atoms with Crippen molar-refractivity contribution in [3.05, 3.63) is 57.6 Å². The first-order valence-corrected chi connectivity index (χ1v) is 12.8. The molecule has 180 valence electrons. The molecule has 0 saturated heterocycles. The van der Waals surface area contributed by atoms with Crippen LogP contribution in [-0.2, 0) is 18.6 Å². The molecular formula is C29H40O4. The maximum Gasteiger partial charge on any atom is 0.124 e. The molecule has 2 aliphatic rings. The van der Waals surface area contributed by atoms with Gasteiger partial charge < -0.3 is 20.4 Å². The second-order valence-electron chi connectivity index (χ2n) is 10.8. The van der Waals surface area contributed by atoms with Gasteiger partial charge in [0.05, 0.1) is 13.2 Å². The lowest BCUT2D eigenvalue weighted by Gasteiger charge is -2.32. The van der Waals surface area contributed by atoms with E-state index in [-0.39, 0.29) is 24.7 Å². The van der Waals surface area contributed by atoms with Gasteiger partial charge >= 0.3 is 0 Å². The average Bonchev–Trinajstić information content (AvgIpc) is 2.85. The van der Waals surface area contributed by atoms with Crippen molar-refractivity contribution in [2.75, 3.05) is 0 Å². The Morgan fingerprint density at radius 3 is 1.33 bits per heavy atom. The highest BCUT2D eigenvalue weighted by Gasteiger charge is 2.30. The summed E-state index contributed by atoms with van der Waals surface area (Å²) in [6, 6.07) is 8.12. The first-order valence-electron chi connectivity index (χ1n) is 12.8. The van der Waals surface area contributed by atoms with E-state index in [1.54, 1.807) is 0 Å². The fourth-order valence-corrected chi connectivity index (χ4v) is 6.02. The van der Waals surface area contributed by atoms with Gasteiger partial charge in [-0.2, -0.15) is 0 Å². The zero-order chi connectivity index (χ0) is 23.6. The van der Waals surface area contributed by atoms with E-state index in [0.29, 0.717) is 23.0 Å². The van der Waals surface area contributed by atoms with Crippen molar-refractivity contribution in [2.24, 2.45) is 0 Å². The Bertz CT molecular complexity index is 889. The summed E-state index contributed by atoms with van der Waals surface area (Å²) in [5, 5.41) is 41.8. The standard InChI is InChI=1S/C29H40O4/c1-29(2,23-13-21(17-30)27(32)25(15-23)19-9-5-3-6-10-19)24-14-22(18-31)28(33)26(16-24)20-11-7-4-8-12-20/h13-16,19-20,30-33H,3-12,17-18H2,1-2H3. The molecule has 0 radical (unpaired) electrons. The first-order chi connectivity index (χ1) is 15.9. The molecule has 0 atom stereocenters. The fraction of sp³-hybridized carbons (Fsp3) is 0.586. The molecule has 4 heteroatoms. The molecule has 0 heterocycles. The summed E-state index contributed by atoms with van der Waals surface area (Å²) >= 11 is 0. The van der Waals surface area contributed by atoms with Crippen LogP contribution < -0.4 is 0 Å². The third-order valence-corrected chi connectivity index (χ3v) is 8.31. The van der Waals surface area contributed by atoms with Crippen molar-refractivity contribution in [1.29, 1.82) is 0 Å². The van der Waals surface area contributed by atoms with Crippen LogP contribution in [0.15, 0.2) is 24.3 Å². The lowest BCUT2D eigenvalue weighted by Crippen LogP contribution is -2.21. The van der Waals surface area contributed by atoms with Gasteiger partial charge in [0.2, 0.25) is 0 Å². The number of phenols is 2. The highest BCUT2D eigenvalue weighted by Crippen LogP contribution is 2.45. The number of hydrogen-bond donors (Lipinski definition) is 4. The molecule has 0 bridgehead atoms. The molecular weight excluding hydrogens is 412 g/mol. The Balaban J connectivity index is 1.80. The molecule has 4 nitrogen and oxygen atoms in total. The smallest absolute Gasteiger partial charge is 0.124 e. The van der Waals surface area contributed by atoms with E-state index in [0.717, 1.165) is 47.9 Å². The highest BCUT2D eigenvalue weighted by atomic mass is 16.3. The largest absolute Gasteiger partial charge is 0.507 e. The Morgan fingerprint density at radius 2 is 1.00 bits per heavy atom. The third-order valence-electron chi connectivity index (χ3n) is 8.31. The number of aliphatic hydroxyl groups excluding tert-OH is 2. The number of aliphatic hydroxyl groups is 2. The lowest BCUT2D eigenvalue weighted by molar-refractivity contribution is 0.274. The van der Waals surface area contributed by atoms with Gasteiger partial charge in [-0.1, -0.05) is 64.5 Å². The Kier molecular flexibility index (Phi) is 7.35. The van der Waals surface area contributed by atoms with Gasteiger partial charge in [0.25, 0.3) is 0 Å². The molecule has 4 rings (SSSR count). The van der Waals surface area contributed by atoms with Crippen LogP contribution in [0.25, 0.3) is 0 Å². The van der Waals surface area contributed by atoms with Gasteiger partial charge in [0.1, 0.15) is 11.5 Å². The van der Waals surface area contributed by atoms with Crippen molar-refractivity contribution in [3.8, 4) is 11.5 Å². The van der Waals surface area contributed by atoms with Gasteiger partial charge in [0.15, 0.2) is 0 Å². The molecule has 4 N–H and O–H groups in total. The Morgan fingerprint density at radius 1 is 0.636 bits per heavy atom. The number of aromatic hydroxyl groups is 2. The van der Waals surface area contributed by atoms with Gasteiger partial charge in [-0.3, -0.25) is 0 Å². The molecule has 2 aliphatic carbocycles. The molecule has 2 saturated carbocycles. The molecule has 0 amide bonds. The van der Waals surface area contributed by atoms with Crippen LogP contribution >= 0.6 is 0 Å². The molecule has 0 spiro atoms. The molecule has 2 aromatic rings. The second kappa shape index (κ2) is 10.1. The predicted octanol–water partition coefficient (Wildman–Crippen LogP) is 6.50. The van der Waals surface area contributed by atoms with E-state index >= 15 is 0 Å². The van der Waals surface area contributed by atoms with E-state index in [9.17, 15) is 20.4 Å². The SMILES string of the molecule is CC(C)(c1cc(CO)c(O)c(C2CCCCC2)c1)c1cc(CO)c(O)c(C2CCCCC2)c1. The minimum atomic E-state index is -0.415. The Hall–Kier alpha value is -2.04. The van der Waals surface area contributed by atoms with Crippen LogP contribution in [0, 0.1) is 0 Å². The molecule has 2 aromatic carbocycles. The summed E-state index contributed by atoms with van der Waals surface area (Å²) in [4.78, 5) is 0. The zero-order valence-corrected chi connectivity index (χ0v) is 20.2. The van der Waals surface area contributed by atoms with E-state index in [4.69, 9.17) is 0 Å². The van der Waals surface area contributed by atoms with Gasteiger partial charge in [-0.15, -0.1) is 0 Å². The average molecular weight is 453 g/mol. The van der Waals surface area contributed by atoms with Crippen molar-refractivity contribution in [3.63, 3.8) is 0 Å². The predicted molar refractivity (Wildman–Crippen MR) is 132 cm³/mol. The fourth-order valence-electron chi connectivity index (χ4n) is 6.02. The summed E-state index contributed by atoms with van der Waals surface area (Å²) < 4.78 is 0. The summed E-state index contributed by atoms with van der Waals surface area (Å²) in [6.45, 7) is 3.92. The van der Waals surface area contributed by atoms with Crippen molar-refractivity contribution in [2.45, 2.75) is 109 Å². The van der Waals surface area contributed by atoms with Gasteiger partial charge in [-0.05, 0) is 71.9 Å². The normalized spacial score (nSPS) is 18.5. The van der Waals surface area contributed by atoms with Crippen LogP contribution in [0.5, 0.6) is 11.5 Å². The molecule has 0 aliphatic heterocycles. The highest BCUT2D eigenvalue weighted by molar-refractivity contribution is 5.53. The maximum atomic E-state index is 10.9. The zero-order valence-electron chi connectivity index (χ0n) is 20.2. The summed E-state index contributed by atoms with van der Waals surface area (Å²) in [7, 11) is 0. The number of hydrogen-bond acceptors (Lipinski definition) is 4. The summed E-state index contributed by atoms with van der Waals surface area (Å²) in [6.07, 6.45) is 11.5. The van der Waals surface area contributed by atoms with Gasteiger partial charge in [0, 0.05) is 16.5 Å². The van der Waals surface area contributed by atoms with E-state index in [1.165, 1.54) is 38.5 Å². The number of rotatable bonds is 6. The minimum Gasteiger partial charge on any atom is -0.507 e. The Labute approximate surface area is 198 Å². The van der Waals surface area contributed by atoms with Crippen LogP contribution in [0.3, 0.4) is 0 Å². The third kappa shape index (κ3) is 4.79. The number of benzene rings is 2. The van der Waals surface area contributed by atoms with Crippen molar-refractivity contribution >= 4 is 0 Å². The molecule has 2 fully saturated rings. The summed E-state index contributed by atoms with van der Waals surface area (Å²) in [5.74, 6) is 1.14. The van der Waals surface area contributed by atoms with Crippen molar-refractivity contribution in [1.82, 2.24) is 0 Å². The summed E-state index contributed by atoms with van der Waals surface area (Å²) in [5.41, 5.74) is 4.76. The van der Waals surface area contributed by atoms with Crippen LogP contribution in [-0.4, -0.2) is 20.4 Å². The quantitative estimate of drug-likeness (QED) is 0.403. The van der Waals surface area contributed by atoms with Crippen LogP contribution in [0.1, 0.15) is 123 Å². The van der Waals surface area contributed by atoms with E-state index < -0.39 is 5.41 Å². The molecule has 0 unspecified atom stereocenters. The van der Waals surface area contributed by atoms with E-state index in [2.05, 4.69) is 26.0 Å². The monoisotopic (exact) mass is 452 g/mol. The van der Waals surface area contributed by atoms with Crippen LogP contribution in [0.2, 0.25) is 0 Å². The second-order valence-corrected chi connectivity index (χ2v) is 10.8. The molecule has 33 heavy (non-hydrogen) atoms. The van der Waals surface area contributed by atoms with E-state index in [1.807, 2.05) is 12.1 Å².